The van der Waals surface area contributed by atoms with Crippen molar-refractivity contribution in [2.24, 2.45) is 0 Å². The summed E-state index contributed by atoms with van der Waals surface area (Å²) in [6.07, 6.45) is 4.36. The highest BCUT2D eigenvalue weighted by Gasteiger charge is 2.30. The zero-order chi connectivity index (χ0) is 27.4. The average Bonchev–Trinajstić information content (AvgIpc) is 3.61. The summed E-state index contributed by atoms with van der Waals surface area (Å²) in [6, 6.07) is 23.6. The number of aromatic amines is 1. The van der Waals surface area contributed by atoms with Gasteiger partial charge in [0.05, 0.1) is 17.8 Å². The average molecular weight is 544 g/mol. The largest absolute Gasteiger partial charge is 0.387 e. The summed E-state index contributed by atoms with van der Waals surface area (Å²) in [5, 5.41) is 22.2. The van der Waals surface area contributed by atoms with Crippen LogP contribution in [-0.4, -0.2) is 50.2 Å². The Morgan fingerprint density at radius 1 is 1.08 bits per heavy atom. The minimum Gasteiger partial charge on any atom is -0.387 e. The first-order chi connectivity index (χ1) is 18.9. The number of aliphatic hydroxyl groups excluding tert-OH is 1. The summed E-state index contributed by atoms with van der Waals surface area (Å²) in [5.74, 6) is -0.0399. The van der Waals surface area contributed by atoms with E-state index in [1.165, 1.54) is 0 Å². The Labute approximate surface area is 234 Å². The van der Waals surface area contributed by atoms with Crippen LogP contribution in [-0.2, 0) is 12.8 Å². The predicted octanol–water partition coefficient (Wildman–Crippen LogP) is 5.22. The number of amides is 1. The standard InChI is InChI=1S/C31H34ClN5O2/c1-20-16-27(36-35-20)28(18-21-6-4-3-5-7-21)37(2)31(39)23-10-8-22(9-11-23)17-25-13-14-26(34-25)30(38)24-12-15-29(32)33-19-24/h3-12,15-16,19,25-26,28,30,34,38H,13-14,17-18H2,1-2H3,(H,35,36)/t25-,26+,28?,30+/m0/s1. The highest BCUT2D eigenvalue weighted by molar-refractivity contribution is 6.29. The number of carbonyl (C=O) groups excluding carboxylic acids is 1. The molecule has 1 aliphatic heterocycles. The van der Waals surface area contributed by atoms with Crippen LogP contribution in [0.1, 0.15) is 63.4 Å². The fourth-order valence-electron chi connectivity index (χ4n) is 5.35. The number of pyridine rings is 1. The molecule has 0 spiro atoms. The molecular formula is C31H34ClN5O2. The molecule has 1 fully saturated rings. The zero-order valence-corrected chi connectivity index (χ0v) is 23.0. The Hall–Kier alpha value is -3.52. The zero-order valence-electron chi connectivity index (χ0n) is 22.2. The van der Waals surface area contributed by atoms with Gasteiger partial charge in [-0.25, -0.2) is 4.98 Å². The molecule has 3 heterocycles. The van der Waals surface area contributed by atoms with E-state index in [-0.39, 0.29) is 24.0 Å². The smallest absolute Gasteiger partial charge is 0.254 e. The third-order valence-corrected chi connectivity index (χ3v) is 7.78. The topological polar surface area (TPSA) is 94.1 Å². The lowest BCUT2D eigenvalue weighted by Gasteiger charge is -2.27. The second kappa shape index (κ2) is 12.1. The van der Waals surface area contributed by atoms with E-state index in [4.69, 9.17) is 11.6 Å². The number of halogens is 1. The number of aryl methyl sites for hydroxylation is 1. The lowest BCUT2D eigenvalue weighted by atomic mass is 10.00. The van der Waals surface area contributed by atoms with E-state index in [1.807, 2.05) is 68.6 Å². The molecule has 3 N–H and O–H groups in total. The number of rotatable bonds is 9. The Kier molecular flexibility index (Phi) is 8.41. The Bertz CT molecular complexity index is 1370. The summed E-state index contributed by atoms with van der Waals surface area (Å²) in [5.41, 5.74) is 5.53. The van der Waals surface area contributed by atoms with Gasteiger partial charge in [0.2, 0.25) is 0 Å². The molecule has 1 saturated heterocycles. The van der Waals surface area contributed by atoms with E-state index in [0.29, 0.717) is 17.1 Å². The lowest BCUT2D eigenvalue weighted by molar-refractivity contribution is 0.0726. The number of aliphatic hydroxyl groups is 1. The SMILES string of the molecule is Cc1cc(C(Cc2ccccc2)N(C)C(=O)c2ccc(C[C@@H]3CC[C@H]([C@H](O)c4ccc(Cl)nc4)N3)cc2)n[nH]1. The summed E-state index contributed by atoms with van der Waals surface area (Å²) < 4.78 is 0. The number of hydrogen-bond donors (Lipinski definition) is 3. The summed E-state index contributed by atoms with van der Waals surface area (Å²) in [7, 11) is 1.85. The maximum atomic E-state index is 13.5. The van der Waals surface area contributed by atoms with Crippen molar-refractivity contribution < 1.29 is 9.90 Å². The van der Waals surface area contributed by atoms with Crippen molar-refractivity contribution in [1.82, 2.24) is 25.4 Å². The molecule has 1 unspecified atom stereocenters. The maximum absolute atomic E-state index is 13.5. The molecule has 8 heteroatoms. The highest BCUT2D eigenvalue weighted by atomic mass is 35.5. The van der Waals surface area contributed by atoms with Gasteiger partial charge in [-0.05, 0) is 68.0 Å². The van der Waals surface area contributed by atoms with Crippen molar-refractivity contribution in [1.29, 1.82) is 0 Å². The molecule has 7 nitrogen and oxygen atoms in total. The lowest BCUT2D eigenvalue weighted by Crippen LogP contribution is -2.35. The number of hydrogen-bond acceptors (Lipinski definition) is 5. The fourth-order valence-corrected chi connectivity index (χ4v) is 5.47. The number of carbonyl (C=O) groups is 1. The molecular weight excluding hydrogens is 510 g/mol. The van der Waals surface area contributed by atoms with Gasteiger partial charge < -0.3 is 15.3 Å². The highest BCUT2D eigenvalue weighted by Crippen LogP contribution is 2.28. The first-order valence-corrected chi connectivity index (χ1v) is 13.7. The van der Waals surface area contributed by atoms with Gasteiger partial charge in [0, 0.05) is 42.1 Å². The maximum Gasteiger partial charge on any atom is 0.254 e. The van der Waals surface area contributed by atoms with Crippen molar-refractivity contribution in [3.8, 4) is 0 Å². The first kappa shape index (κ1) is 27.1. The predicted molar refractivity (Wildman–Crippen MR) is 153 cm³/mol. The van der Waals surface area contributed by atoms with Crippen LogP contribution in [0.15, 0.2) is 79.0 Å². The van der Waals surface area contributed by atoms with Crippen molar-refractivity contribution in [2.75, 3.05) is 7.05 Å². The Morgan fingerprint density at radius 2 is 1.85 bits per heavy atom. The van der Waals surface area contributed by atoms with E-state index in [2.05, 4.69) is 32.6 Å². The van der Waals surface area contributed by atoms with Gasteiger partial charge in [0.15, 0.2) is 0 Å². The van der Waals surface area contributed by atoms with Gasteiger partial charge in [-0.2, -0.15) is 5.10 Å². The number of aromatic nitrogens is 3. The number of H-pyrrole nitrogens is 1. The molecule has 4 aromatic rings. The summed E-state index contributed by atoms with van der Waals surface area (Å²) >= 11 is 5.88. The molecule has 0 bridgehead atoms. The summed E-state index contributed by atoms with van der Waals surface area (Å²) in [4.78, 5) is 19.4. The molecule has 2 aromatic carbocycles. The van der Waals surface area contributed by atoms with Gasteiger partial charge in [0.25, 0.3) is 5.91 Å². The van der Waals surface area contributed by atoms with Gasteiger partial charge in [-0.1, -0.05) is 60.1 Å². The van der Waals surface area contributed by atoms with Crippen LogP contribution < -0.4 is 5.32 Å². The third kappa shape index (κ3) is 6.56. The van der Waals surface area contributed by atoms with Crippen LogP contribution in [0.25, 0.3) is 0 Å². The molecule has 39 heavy (non-hydrogen) atoms. The quantitative estimate of drug-likeness (QED) is 0.252. The molecule has 0 saturated carbocycles. The van der Waals surface area contributed by atoms with E-state index in [9.17, 15) is 9.90 Å². The van der Waals surface area contributed by atoms with Crippen LogP contribution in [0, 0.1) is 6.92 Å². The van der Waals surface area contributed by atoms with E-state index < -0.39 is 6.10 Å². The molecule has 1 amide bonds. The van der Waals surface area contributed by atoms with Crippen LogP contribution >= 0.6 is 11.6 Å². The first-order valence-electron chi connectivity index (χ1n) is 13.3. The fraction of sp³-hybridized carbons (Fsp3) is 0.323. The van der Waals surface area contributed by atoms with E-state index in [1.54, 1.807) is 17.2 Å². The van der Waals surface area contributed by atoms with Crippen LogP contribution in [0.3, 0.4) is 0 Å². The number of likely N-dealkylation sites (N-methyl/N-ethyl adjacent to an activating group) is 1. The van der Waals surface area contributed by atoms with E-state index >= 15 is 0 Å². The number of benzene rings is 2. The molecule has 4 atom stereocenters. The summed E-state index contributed by atoms with van der Waals surface area (Å²) in [6.45, 7) is 1.97. The van der Waals surface area contributed by atoms with Crippen molar-refractivity contribution in [3.63, 3.8) is 0 Å². The molecule has 1 aliphatic rings. The van der Waals surface area contributed by atoms with Crippen LogP contribution in [0.5, 0.6) is 0 Å². The van der Waals surface area contributed by atoms with E-state index in [0.717, 1.165) is 47.3 Å². The van der Waals surface area contributed by atoms with Gasteiger partial charge >= 0.3 is 0 Å². The van der Waals surface area contributed by atoms with Crippen LogP contribution in [0.2, 0.25) is 5.15 Å². The Balaban J connectivity index is 1.22. The number of nitrogens with zero attached hydrogens (tertiary/aromatic N) is 3. The minimum atomic E-state index is -0.627. The number of nitrogens with one attached hydrogen (secondary N) is 2. The molecule has 202 valence electrons. The van der Waals surface area contributed by atoms with Crippen molar-refractivity contribution >= 4 is 17.5 Å². The van der Waals surface area contributed by atoms with Gasteiger partial charge in [0.1, 0.15) is 5.15 Å². The van der Waals surface area contributed by atoms with Crippen molar-refractivity contribution in [3.05, 3.63) is 118 Å². The molecule has 2 aromatic heterocycles. The van der Waals surface area contributed by atoms with Gasteiger partial charge in [-0.3, -0.25) is 9.89 Å². The minimum absolute atomic E-state index is 0.0281. The second-order valence-corrected chi connectivity index (χ2v) is 10.8. The van der Waals surface area contributed by atoms with Crippen LogP contribution in [0.4, 0.5) is 0 Å². The van der Waals surface area contributed by atoms with Crippen molar-refractivity contribution in [2.45, 2.75) is 56.8 Å². The monoisotopic (exact) mass is 543 g/mol. The normalized spacial score (nSPS) is 18.6. The second-order valence-electron chi connectivity index (χ2n) is 10.4. The third-order valence-electron chi connectivity index (χ3n) is 7.56. The molecule has 0 aliphatic carbocycles. The molecule has 0 radical (unpaired) electrons. The Morgan fingerprint density at radius 3 is 2.51 bits per heavy atom. The molecule has 5 rings (SSSR count). The van der Waals surface area contributed by atoms with Gasteiger partial charge in [-0.15, -0.1) is 0 Å².